The Labute approximate surface area is 146 Å². The van der Waals surface area contributed by atoms with Gasteiger partial charge in [0.25, 0.3) is 0 Å². The molecule has 1 amide bonds. The molecule has 0 fully saturated rings. The Morgan fingerprint density at radius 1 is 1.23 bits per heavy atom. The molecule has 0 aliphatic carbocycles. The molecule has 124 valence electrons. The van der Waals surface area contributed by atoms with Crippen molar-refractivity contribution in [3.05, 3.63) is 32.8 Å². The van der Waals surface area contributed by atoms with Gasteiger partial charge in [0.2, 0.25) is 0 Å². The van der Waals surface area contributed by atoms with Crippen LogP contribution in [0.2, 0.25) is 15.1 Å². The molecule has 1 aromatic rings. The molecule has 0 aliphatic heterocycles. The third-order valence-electron chi connectivity index (χ3n) is 2.72. The second-order valence-corrected chi connectivity index (χ2v) is 7.18. The van der Waals surface area contributed by atoms with E-state index in [1.54, 1.807) is 12.1 Å². The first-order valence-electron chi connectivity index (χ1n) is 6.92. The number of amides is 1. The Morgan fingerprint density at radius 3 is 2.41 bits per heavy atom. The first-order valence-corrected chi connectivity index (χ1v) is 8.06. The first kappa shape index (κ1) is 19.4. The highest BCUT2D eigenvalue weighted by atomic mass is 35.5. The Bertz CT molecular complexity index is 530. The molecule has 2 N–H and O–H groups in total. The monoisotopic (exact) mass is 366 g/mol. The van der Waals surface area contributed by atoms with E-state index in [-0.39, 0.29) is 6.04 Å². The molecule has 0 radical (unpaired) electrons. The quantitative estimate of drug-likeness (QED) is 0.745. The molecule has 1 unspecified atom stereocenters. The molecule has 0 aromatic heterocycles. The van der Waals surface area contributed by atoms with E-state index in [4.69, 9.17) is 39.5 Å². The Morgan fingerprint density at radius 2 is 1.82 bits per heavy atom. The van der Waals surface area contributed by atoms with Gasteiger partial charge in [0.05, 0.1) is 10.0 Å². The SMILES string of the molecule is CC(CNC(=O)OC(C)(C)C)NCc1c(Cl)ccc(Cl)c1Cl. The fourth-order valence-electron chi connectivity index (χ4n) is 1.63. The predicted octanol–water partition coefficient (Wildman–Crippen LogP) is 4.65. The van der Waals surface area contributed by atoms with Gasteiger partial charge in [0, 0.05) is 29.7 Å². The number of ether oxygens (including phenoxy) is 1. The van der Waals surface area contributed by atoms with Crippen LogP contribution in [0.5, 0.6) is 0 Å². The molecule has 4 nitrogen and oxygen atoms in total. The van der Waals surface area contributed by atoms with Crippen molar-refractivity contribution in [2.24, 2.45) is 0 Å². The number of benzene rings is 1. The summed E-state index contributed by atoms with van der Waals surface area (Å²) in [7, 11) is 0. The van der Waals surface area contributed by atoms with Crippen molar-refractivity contribution in [2.75, 3.05) is 6.54 Å². The molecule has 1 aromatic carbocycles. The summed E-state index contributed by atoms with van der Waals surface area (Å²) in [6.45, 7) is 8.26. The Hall–Kier alpha value is -0.680. The van der Waals surface area contributed by atoms with Crippen molar-refractivity contribution in [3.63, 3.8) is 0 Å². The molecule has 0 bridgehead atoms. The van der Waals surface area contributed by atoms with Gasteiger partial charge >= 0.3 is 6.09 Å². The minimum Gasteiger partial charge on any atom is -0.444 e. The van der Waals surface area contributed by atoms with Gasteiger partial charge in [-0.15, -0.1) is 0 Å². The zero-order valence-electron chi connectivity index (χ0n) is 13.1. The lowest BCUT2D eigenvalue weighted by molar-refractivity contribution is 0.0523. The van der Waals surface area contributed by atoms with Gasteiger partial charge in [0.15, 0.2) is 0 Å². The Kier molecular flexibility index (Phi) is 7.26. The van der Waals surface area contributed by atoms with Gasteiger partial charge in [-0.1, -0.05) is 34.8 Å². The zero-order valence-corrected chi connectivity index (χ0v) is 15.4. The predicted molar refractivity (Wildman–Crippen MR) is 92.0 cm³/mol. The van der Waals surface area contributed by atoms with Crippen molar-refractivity contribution in [1.29, 1.82) is 0 Å². The normalized spacial score (nSPS) is 12.9. The Balaban J connectivity index is 2.46. The molecule has 1 atom stereocenters. The van der Waals surface area contributed by atoms with Crippen LogP contribution in [0, 0.1) is 0 Å². The van der Waals surface area contributed by atoms with E-state index in [1.807, 2.05) is 27.7 Å². The molecule has 0 heterocycles. The van der Waals surface area contributed by atoms with Crippen molar-refractivity contribution >= 4 is 40.9 Å². The summed E-state index contributed by atoms with van der Waals surface area (Å²) in [6.07, 6.45) is -0.444. The zero-order chi connectivity index (χ0) is 16.9. The fourth-order valence-corrected chi connectivity index (χ4v) is 2.31. The molecule has 0 saturated carbocycles. The topological polar surface area (TPSA) is 50.4 Å². The average Bonchev–Trinajstić information content (AvgIpc) is 2.39. The van der Waals surface area contributed by atoms with E-state index >= 15 is 0 Å². The lowest BCUT2D eigenvalue weighted by Crippen LogP contribution is -2.41. The molecule has 7 heteroatoms. The lowest BCUT2D eigenvalue weighted by Gasteiger charge is -2.21. The molecular weight excluding hydrogens is 347 g/mol. The van der Waals surface area contributed by atoms with E-state index in [0.717, 1.165) is 5.56 Å². The number of carbonyl (C=O) groups is 1. The molecule has 22 heavy (non-hydrogen) atoms. The van der Waals surface area contributed by atoms with Crippen LogP contribution in [0.3, 0.4) is 0 Å². The minimum atomic E-state index is -0.511. The van der Waals surface area contributed by atoms with Crippen LogP contribution < -0.4 is 10.6 Å². The summed E-state index contributed by atoms with van der Waals surface area (Å²) in [4.78, 5) is 11.6. The summed E-state index contributed by atoms with van der Waals surface area (Å²) in [6, 6.07) is 3.37. The summed E-state index contributed by atoms with van der Waals surface area (Å²) >= 11 is 18.2. The number of halogens is 3. The lowest BCUT2D eigenvalue weighted by atomic mass is 10.2. The van der Waals surface area contributed by atoms with Crippen LogP contribution in [0.4, 0.5) is 4.79 Å². The second kappa shape index (κ2) is 8.25. The maximum absolute atomic E-state index is 11.6. The second-order valence-electron chi connectivity index (χ2n) is 5.99. The van der Waals surface area contributed by atoms with E-state index < -0.39 is 11.7 Å². The van der Waals surface area contributed by atoms with Crippen LogP contribution in [0.15, 0.2) is 12.1 Å². The van der Waals surface area contributed by atoms with Crippen molar-refractivity contribution in [1.82, 2.24) is 10.6 Å². The summed E-state index contributed by atoms with van der Waals surface area (Å²) < 4.78 is 5.17. The summed E-state index contributed by atoms with van der Waals surface area (Å²) in [5.74, 6) is 0. The highest BCUT2D eigenvalue weighted by molar-refractivity contribution is 6.44. The average molecular weight is 368 g/mol. The third-order valence-corrected chi connectivity index (χ3v) is 3.92. The van der Waals surface area contributed by atoms with Gasteiger partial charge in [-0.05, 0) is 39.8 Å². The largest absolute Gasteiger partial charge is 0.444 e. The van der Waals surface area contributed by atoms with Gasteiger partial charge in [-0.25, -0.2) is 4.79 Å². The highest BCUT2D eigenvalue weighted by Gasteiger charge is 2.16. The fraction of sp³-hybridized carbons (Fsp3) is 0.533. The van der Waals surface area contributed by atoms with Crippen LogP contribution in [-0.2, 0) is 11.3 Å². The third kappa shape index (κ3) is 6.61. The molecule has 0 aliphatic rings. The van der Waals surface area contributed by atoms with E-state index in [2.05, 4.69) is 10.6 Å². The van der Waals surface area contributed by atoms with E-state index in [9.17, 15) is 4.79 Å². The summed E-state index contributed by atoms with van der Waals surface area (Å²) in [5, 5.41) is 7.38. The maximum atomic E-state index is 11.6. The van der Waals surface area contributed by atoms with Gasteiger partial charge in [0.1, 0.15) is 5.60 Å². The number of rotatable bonds is 5. The number of alkyl carbamates (subject to hydrolysis) is 1. The van der Waals surface area contributed by atoms with Gasteiger partial charge in [-0.3, -0.25) is 0 Å². The van der Waals surface area contributed by atoms with Gasteiger partial charge < -0.3 is 15.4 Å². The van der Waals surface area contributed by atoms with Crippen molar-refractivity contribution in [2.45, 2.75) is 45.9 Å². The minimum absolute atomic E-state index is 0.0126. The van der Waals surface area contributed by atoms with Crippen LogP contribution in [0.25, 0.3) is 0 Å². The number of nitrogens with one attached hydrogen (secondary N) is 2. The molecule has 0 saturated heterocycles. The van der Waals surface area contributed by atoms with Crippen molar-refractivity contribution < 1.29 is 9.53 Å². The van der Waals surface area contributed by atoms with E-state index in [0.29, 0.717) is 28.2 Å². The maximum Gasteiger partial charge on any atom is 0.407 e. The van der Waals surface area contributed by atoms with Crippen LogP contribution in [0.1, 0.15) is 33.3 Å². The van der Waals surface area contributed by atoms with Crippen LogP contribution in [-0.4, -0.2) is 24.3 Å². The van der Waals surface area contributed by atoms with Crippen molar-refractivity contribution in [3.8, 4) is 0 Å². The number of hydrogen-bond acceptors (Lipinski definition) is 3. The van der Waals surface area contributed by atoms with Gasteiger partial charge in [-0.2, -0.15) is 0 Å². The summed E-state index contributed by atoms with van der Waals surface area (Å²) in [5.41, 5.74) is 0.225. The number of carbonyl (C=O) groups excluding carboxylic acids is 1. The van der Waals surface area contributed by atoms with E-state index in [1.165, 1.54) is 0 Å². The number of hydrogen-bond donors (Lipinski definition) is 2. The highest BCUT2D eigenvalue weighted by Crippen LogP contribution is 2.31. The first-order chi connectivity index (χ1) is 10.1. The molecular formula is C15H21Cl3N2O2. The molecule has 0 spiro atoms. The molecule has 1 rings (SSSR count). The standard InChI is InChI=1S/C15H21Cl3N2O2/c1-9(7-20-14(21)22-15(2,3)4)19-8-10-11(16)5-6-12(17)13(10)18/h5-6,9,19H,7-8H2,1-4H3,(H,20,21). The van der Waals surface area contributed by atoms with Crippen LogP contribution >= 0.6 is 34.8 Å². The smallest absolute Gasteiger partial charge is 0.407 e.